The van der Waals surface area contributed by atoms with E-state index in [2.05, 4.69) is 67.6 Å². The molecule has 3 heteroatoms. The lowest BCUT2D eigenvalue weighted by molar-refractivity contribution is -0.0978. The second kappa shape index (κ2) is 6.55. The molecule has 2 aliphatic rings. The molecule has 2 aliphatic carbocycles. The molecule has 0 aromatic carbocycles. The second-order valence-corrected chi connectivity index (χ2v) is 15.2. The molecule has 5 atom stereocenters. The third-order valence-electron chi connectivity index (χ3n) is 7.27. The van der Waals surface area contributed by atoms with Crippen LogP contribution in [0.25, 0.3) is 0 Å². The molecule has 0 radical (unpaired) electrons. The topological polar surface area (TPSA) is 29.5 Å². The Bertz CT molecular complexity index is 485. The van der Waals surface area contributed by atoms with E-state index in [1.165, 1.54) is 12.0 Å². The first-order chi connectivity index (χ1) is 10.8. The van der Waals surface area contributed by atoms with E-state index in [1.54, 1.807) is 0 Å². The summed E-state index contributed by atoms with van der Waals surface area (Å²) in [7, 11) is -1.92. The molecule has 2 rings (SSSR count). The number of allylic oxidation sites excluding steroid dienone is 1. The number of fused-ring (bicyclic) bond motifs is 1. The van der Waals surface area contributed by atoms with Crippen LogP contribution in [-0.2, 0) is 4.43 Å². The van der Waals surface area contributed by atoms with E-state index in [4.69, 9.17) is 4.43 Å². The van der Waals surface area contributed by atoms with Crippen molar-refractivity contribution in [3.8, 4) is 0 Å². The molecule has 0 spiro atoms. The van der Waals surface area contributed by atoms with Gasteiger partial charge in [0.15, 0.2) is 8.32 Å². The summed E-state index contributed by atoms with van der Waals surface area (Å²) >= 11 is 0. The molecular weight excluding hydrogens is 312 g/mol. The third-order valence-corrected chi connectivity index (χ3v) is 11.8. The van der Waals surface area contributed by atoms with Crippen LogP contribution >= 0.6 is 0 Å². The molecule has 24 heavy (non-hydrogen) atoms. The summed E-state index contributed by atoms with van der Waals surface area (Å²) in [6.45, 7) is 20.4. The molecule has 2 nitrogen and oxygen atoms in total. The van der Waals surface area contributed by atoms with Crippen molar-refractivity contribution in [3.63, 3.8) is 0 Å². The Morgan fingerprint density at radius 1 is 1.25 bits per heavy atom. The summed E-state index contributed by atoms with van der Waals surface area (Å²) in [4.78, 5) is 0. The van der Waals surface area contributed by atoms with Gasteiger partial charge in [-0.15, -0.1) is 0 Å². The van der Waals surface area contributed by atoms with Crippen LogP contribution in [0.2, 0.25) is 18.1 Å². The lowest BCUT2D eigenvalue weighted by atomic mass is 9.77. The first-order valence-corrected chi connectivity index (χ1v) is 12.8. The van der Waals surface area contributed by atoms with Gasteiger partial charge in [-0.1, -0.05) is 53.2 Å². The van der Waals surface area contributed by atoms with E-state index in [1.807, 2.05) is 0 Å². The normalized spacial score (nSPS) is 38.0. The smallest absolute Gasteiger partial charge is 0.192 e. The van der Waals surface area contributed by atoms with Gasteiger partial charge in [-0.25, -0.2) is 0 Å². The number of hydrogen-bond acceptors (Lipinski definition) is 2. The molecule has 1 fully saturated rings. The molecule has 0 amide bonds. The summed E-state index contributed by atoms with van der Waals surface area (Å²) in [5.41, 5.74) is 0.748. The first kappa shape index (κ1) is 20.2. The maximum Gasteiger partial charge on any atom is 0.192 e. The van der Waals surface area contributed by atoms with Crippen LogP contribution < -0.4 is 0 Å². The minimum absolute atomic E-state index is 0.0765. The number of hydrogen-bond donors (Lipinski definition) is 1. The minimum atomic E-state index is -1.92. The standard InChI is InChI=1S/C21H40O2Si/c1-14(2)16-12-17-15(3)10-11-18(17)21(7,22)19(13-16)23-24(8,9)20(4,5)6/h12,14-15,17-19,22H,10-11,13H2,1-9H3/t15-,17-,18-,19-,21+/m1/s1. The van der Waals surface area contributed by atoms with Crippen molar-refractivity contribution in [1.29, 1.82) is 0 Å². The van der Waals surface area contributed by atoms with Gasteiger partial charge in [0, 0.05) is 0 Å². The Labute approximate surface area is 151 Å². The summed E-state index contributed by atoms with van der Waals surface area (Å²) in [6, 6.07) is 0. The lowest BCUT2D eigenvalue weighted by Gasteiger charge is -2.46. The Kier molecular flexibility index (Phi) is 5.51. The van der Waals surface area contributed by atoms with Crippen molar-refractivity contribution in [3.05, 3.63) is 11.6 Å². The van der Waals surface area contributed by atoms with Crippen LogP contribution in [0.4, 0.5) is 0 Å². The zero-order valence-corrected chi connectivity index (χ0v) is 18.4. The van der Waals surface area contributed by atoms with Gasteiger partial charge in [0.25, 0.3) is 0 Å². The fourth-order valence-corrected chi connectivity index (χ4v) is 5.67. The highest BCUT2D eigenvalue weighted by Gasteiger charge is 2.52. The van der Waals surface area contributed by atoms with Gasteiger partial charge in [0.2, 0.25) is 0 Å². The molecule has 0 aromatic rings. The maximum atomic E-state index is 11.6. The van der Waals surface area contributed by atoms with E-state index in [0.717, 1.165) is 12.8 Å². The molecular formula is C21H40O2Si. The van der Waals surface area contributed by atoms with Gasteiger partial charge in [0.05, 0.1) is 11.7 Å². The van der Waals surface area contributed by atoms with Gasteiger partial charge in [-0.3, -0.25) is 0 Å². The molecule has 0 bridgehead atoms. The largest absolute Gasteiger partial charge is 0.411 e. The van der Waals surface area contributed by atoms with Crippen LogP contribution in [0.3, 0.4) is 0 Å². The monoisotopic (exact) mass is 352 g/mol. The molecule has 140 valence electrons. The molecule has 1 saturated carbocycles. The molecule has 1 N–H and O–H groups in total. The third kappa shape index (κ3) is 3.68. The van der Waals surface area contributed by atoms with Crippen LogP contribution in [0.15, 0.2) is 11.6 Å². The highest BCUT2D eigenvalue weighted by atomic mass is 28.4. The van der Waals surface area contributed by atoms with E-state index >= 15 is 0 Å². The zero-order valence-electron chi connectivity index (χ0n) is 17.4. The predicted octanol–water partition coefficient (Wildman–Crippen LogP) is 5.78. The Hall–Kier alpha value is -0.123. The van der Waals surface area contributed by atoms with Gasteiger partial charge >= 0.3 is 0 Å². The fraction of sp³-hybridized carbons (Fsp3) is 0.905. The van der Waals surface area contributed by atoms with Crippen molar-refractivity contribution in [1.82, 2.24) is 0 Å². The SMILES string of the molecule is CC(C)C1=C[C@@H]2[C@H](C)CC[C@H]2[C@](C)(O)[C@H](O[Si](C)(C)C(C)(C)C)C1. The summed E-state index contributed by atoms with van der Waals surface area (Å²) < 4.78 is 6.81. The summed E-state index contributed by atoms with van der Waals surface area (Å²) in [5, 5.41) is 11.8. The maximum absolute atomic E-state index is 11.6. The predicted molar refractivity (Wildman–Crippen MR) is 106 cm³/mol. The van der Waals surface area contributed by atoms with Crippen LogP contribution in [0.1, 0.15) is 67.7 Å². The average Bonchev–Trinajstić information content (AvgIpc) is 2.72. The zero-order chi connectivity index (χ0) is 18.5. The quantitative estimate of drug-likeness (QED) is 0.515. The average molecular weight is 353 g/mol. The van der Waals surface area contributed by atoms with Crippen molar-refractivity contribution >= 4 is 8.32 Å². The van der Waals surface area contributed by atoms with Crippen molar-refractivity contribution < 1.29 is 9.53 Å². The van der Waals surface area contributed by atoms with Crippen molar-refractivity contribution in [2.24, 2.45) is 23.7 Å². The van der Waals surface area contributed by atoms with Crippen LogP contribution in [0.5, 0.6) is 0 Å². The molecule has 0 heterocycles. The lowest BCUT2D eigenvalue weighted by Crippen LogP contribution is -2.54. The highest BCUT2D eigenvalue weighted by molar-refractivity contribution is 6.74. The van der Waals surface area contributed by atoms with Gasteiger partial charge in [-0.2, -0.15) is 0 Å². The van der Waals surface area contributed by atoms with Gasteiger partial charge in [0.1, 0.15) is 0 Å². The van der Waals surface area contributed by atoms with Crippen LogP contribution in [0, 0.1) is 23.7 Å². The van der Waals surface area contributed by atoms with Crippen molar-refractivity contribution in [2.45, 2.75) is 97.6 Å². The Balaban J connectivity index is 2.39. The number of aliphatic hydroxyl groups is 1. The highest BCUT2D eigenvalue weighted by Crippen LogP contribution is 2.50. The van der Waals surface area contributed by atoms with E-state index in [-0.39, 0.29) is 11.1 Å². The number of rotatable bonds is 3. The van der Waals surface area contributed by atoms with Gasteiger partial charge in [-0.05, 0) is 68.0 Å². The van der Waals surface area contributed by atoms with E-state index < -0.39 is 13.9 Å². The molecule has 0 aliphatic heterocycles. The molecule has 0 unspecified atom stereocenters. The van der Waals surface area contributed by atoms with Crippen molar-refractivity contribution in [2.75, 3.05) is 0 Å². The summed E-state index contributed by atoms with van der Waals surface area (Å²) in [6.07, 6.45) is 5.67. The van der Waals surface area contributed by atoms with E-state index in [0.29, 0.717) is 23.7 Å². The van der Waals surface area contributed by atoms with Crippen LogP contribution in [-0.4, -0.2) is 25.1 Å². The molecule has 0 saturated heterocycles. The molecule has 0 aromatic heterocycles. The minimum Gasteiger partial charge on any atom is -0.411 e. The van der Waals surface area contributed by atoms with E-state index in [9.17, 15) is 5.11 Å². The summed E-state index contributed by atoms with van der Waals surface area (Å²) in [5.74, 6) is 2.03. The Morgan fingerprint density at radius 2 is 1.83 bits per heavy atom. The first-order valence-electron chi connectivity index (χ1n) is 9.88. The Morgan fingerprint density at radius 3 is 2.33 bits per heavy atom. The second-order valence-electron chi connectivity index (χ2n) is 10.4. The fourth-order valence-electron chi connectivity index (χ4n) is 4.28. The van der Waals surface area contributed by atoms with Gasteiger partial charge < -0.3 is 9.53 Å².